The quantitative estimate of drug-likeness (QED) is 0.801. The van der Waals surface area contributed by atoms with Gasteiger partial charge in [0.2, 0.25) is 5.91 Å². The van der Waals surface area contributed by atoms with Gasteiger partial charge in [0.05, 0.1) is 11.4 Å². The third-order valence-corrected chi connectivity index (χ3v) is 5.88. The molecule has 0 bridgehead atoms. The Labute approximate surface area is 153 Å². The molecule has 25 heavy (non-hydrogen) atoms. The van der Waals surface area contributed by atoms with Gasteiger partial charge in [-0.25, -0.2) is 0 Å². The van der Waals surface area contributed by atoms with Crippen LogP contribution in [0.4, 0.5) is 0 Å². The van der Waals surface area contributed by atoms with E-state index in [1.54, 1.807) is 6.33 Å². The predicted octanol–water partition coefficient (Wildman–Crippen LogP) is 3.62. The predicted molar refractivity (Wildman–Crippen MR) is 101 cm³/mol. The van der Waals surface area contributed by atoms with E-state index in [2.05, 4.69) is 41.5 Å². The van der Waals surface area contributed by atoms with Crippen LogP contribution in [0.1, 0.15) is 45.1 Å². The highest BCUT2D eigenvalue weighted by Gasteiger charge is 2.23. The van der Waals surface area contributed by atoms with E-state index in [1.165, 1.54) is 36.6 Å². The number of aryl methyl sites for hydroxylation is 1. The highest BCUT2D eigenvalue weighted by molar-refractivity contribution is 7.99. The number of hydrogen-bond donors (Lipinski definition) is 1. The average Bonchev–Trinajstić information content (AvgIpc) is 3.10. The molecule has 1 amide bonds. The average molecular weight is 359 g/mol. The molecule has 0 aliphatic heterocycles. The van der Waals surface area contributed by atoms with Crippen LogP contribution >= 0.6 is 11.8 Å². The maximum absolute atomic E-state index is 12.3. The van der Waals surface area contributed by atoms with Crippen molar-refractivity contribution in [2.75, 3.05) is 5.75 Å². The number of hydrogen-bond acceptors (Lipinski definition) is 4. The molecule has 6 heteroatoms. The second-order valence-corrected chi connectivity index (χ2v) is 7.63. The molecule has 1 aromatic carbocycles. The lowest BCUT2D eigenvalue weighted by molar-refractivity contribution is -0.119. The lowest BCUT2D eigenvalue weighted by Gasteiger charge is -2.29. The first-order valence-corrected chi connectivity index (χ1v) is 10.1. The van der Waals surface area contributed by atoms with Gasteiger partial charge < -0.3 is 5.32 Å². The van der Waals surface area contributed by atoms with Crippen molar-refractivity contribution in [3.63, 3.8) is 0 Å². The molecule has 134 valence electrons. The van der Waals surface area contributed by atoms with Gasteiger partial charge in [-0.05, 0) is 36.8 Å². The minimum Gasteiger partial charge on any atom is -0.352 e. The van der Waals surface area contributed by atoms with Gasteiger partial charge in [0.15, 0.2) is 5.16 Å². The number of thioether (sulfide) groups is 1. The second kappa shape index (κ2) is 8.52. The van der Waals surface area contributed by atoms with Gasteiger partial charge in [0.1, 0.15) is 6.33 Å². The van der Waals surface area contributed by atoms with Crippen molar-refractivity contribution in [3.05, 3.63) is 36.2 Å². The van der Waals surface area contributed by atoms with Crippen molar-refractivity contribution in [3.8, 4) is 5.69 Å². The number of carbonyl (C=O) groups excluding carboxylic acids is 1. The third kappa shape index (κ3) is 4.42. The molecule has 0 saturated heterocycles. The van der Waals surface area contributed by atoms with Crippen LogP contribution in [0.5, 0.6) is 0 Å². The molecule has 1 aliphatic rings. The summed E-state index contributed by atoms with van der Waals surface area (Å²) in [5.74, 6) is 1.03. The summed E-state index contributed by atoms with van der Waals surface area (Å²) in [7, 11) is 0. The maximum Gasteiger partial charge on any atom is 0.230 e. The lowest BCUT2D eigenvalue weighted by atomic mass is 9.86. The topological polar surface area (TPSA) is 59.8 Å². The van der Waals surface area contributed by atoms with E-state index < -0.39 is 0 Å². The van der Waals surface area contributed by atoms with Gasteiger partial charge in [-0.3, -0.25) is 9.36 Å². The van der Waals surface area contributed by atoms with E-state index in [9.17, 15) is 4.79 Å². The summed E-state index contributed by atoms with van der Waals surface area (Å²) in [5.41, 5.74) is 2.32. The van der Waals surface area contributed by atoms with Gasteiger partial charge in [-0.1, -0.05) is 56.7 Å². The number of benzene rings is 1. The highest BCUT2D eigenvalue weighted by atomic mass is 32.2. The number of para-hydroxylation sites is 1. The van der Waals surface area contributed by atoms with Crippen LogP contribution < -0.4 is 5.32 Å². The Bertz CT molecular complexity index is 715. The smallest absolute Gasteiger partial charge is 0.230 e. The van der Waals surface area contributed by atoms with Crippen LogP contribution in [-0.4, -0.2) is 32.5 Å². The van der Waals surface area contributed by atoms with E-state index in [4.69, 9.17) is 0 Å². The zero-order chi connectivity index (χ0) is 17.6. The molecule has 2 unspecified atom stereocenters. The SMILES string of the molecule is CCc1ccccc1-n1cnnc1SCC(=O)NC1CCCCC1C. The highest BCUT2D eigenvalue weighted by Crippen LogP contribution is 2.25. The van der Waals surface area contributed by atoms with E-state index in [1.807, 2.05) is 16.7 Å². The fourth-order valence-electron chi connectivity index (χ4n) is 3.44. The number of rotatable bonds is 6. The Morgan fingerprint density at radius 2 is 2.12 bits per heavy atom. The molecule has 0 radical (unpaired) electrons. The van der Waals surface area contributed by atoms with Gasteiger partial charge in [-0.15, -0.1) is 10.2 Å². The molecule has 5 nitrogen and oxygen atoms in total. The van der Waals surface area contributed by atoms with Crippen molar-refractivity contribution < 1.29 is 4.79 Å². The number of carbonyl (C=O) groups is 1. The largest absolute Gasteiger partial charge is 0.352 e. The molecule has 1 fully saturated rings. The summed E-state index contributed by atoms with van der Waals surface area (Å²) in [5, 5.41) is 12.2. The fraction of sp³-hybridized carbons (Fsp3) is 0.526. The summed E-state index contributed by atoms with van der Waals surface area (Å²) < 4.78 is 1.97. The first-order chi connectivity index (χ1) is 12.2. The number of amides is 1. The minimum absolute atomic E-state index is 0.0853. The lowest BCUT2D eigenvalue weighted by Crippen LogP contribution is -2.41. The van der Waals surface area contributed by atoms with Crippen LogP contribution in [0.3, 0.4) is 0 Å². The summed E-state index contributed by atoms with van der Waals surface area (Å²) in [6.45, 7) is 4.37. The van der Waals surface area contributed by atoms with E-state index >= 15 is 0 Å². The summed E-state index contributed by atoms with van der Waals surface area (Å²) in [4.78, 5) is 12.3. The van der Waals surface area contributed by atoms with Crippen molar-refractivity contribution in [1.29, 1.82) is 0 Å². The Morgan fingerprint density at radius 3 is 2.92 bits per heavy atom. The van der Waals surface area contributed by atoms with Gasteiger partial charge >= 0.3 is 0 Å². The molecule has 1 aliphatic carbocycles. The third-order valence-electron chi connectivity index (χ3n) is 4.94. The van der Waals surface area contributed by atoms with Crippen LogP contribution in [0.25, 0.3) is 5.69 Å². The van der Waals surface area contributed by atoms with E-state index in [0.717, 1.165) is 23.7 Å². The molecule has 1 saturated carbocycles. The maximum atomic E-state index is 12.3. The molecule has 3 rings (SSSR count). The Hall–Kier alpha value is -1.82. The molecule has 2 atom stereocenters. The Morgan fingerprint density at radius 1 is 1.32 bits per heavy atom. The van der Waals surface area contributed by atoms with Crippen LogP contribution in [0.2, 0.25) is 0 Å². The van der Waals surface area contributed by atoms with Gasteiger partial charge in [-0.2, -0.15) is 0 Å². The molecule has 1 heterocycles. The number of nitrogens with zero attached hydrogens (tertiary/aromatic N) is 3. The summed E-state index contributed by atoms with van der Waals surface area (Å²) in [6, 6.07) is 8.55. The van der Waals surface area contributed by atoms with Crippen LogP contribution in [0, 0.1) is 5.92 Å². The standard InChI is InChI=1S/C19H26N4OS/c1-3-15-9-5-7-11-17(15)23-13-20-22-19(23)25-12-18(24)21-16-10-6-4-8-14(16)2/h5,7,9,11,13-14,16H,3-4,6,8,10,12H2,1-2H3,(H,21,24). The zero-order valence-corrected chi connectivity index (χ0v) is 15.8. The molecular weight excluding hydrogens is 332 g/mol. The molecular formula is C19H26N4OS. The second-order valence-electron chi connectivity index (χ2n) is 6.69. The monoisotopic (exact) mass is 358 g/mol. The first kappa shape index (κ1) is 18.0. The van der Waals surface area contributed by atoms with Crippen molar-refractivity contribution in [1.82, 2.24) is 20.1 Å². The minimum atomic E-state index is 0.0853. The molecule has 2 aromatic rings. The fourth-order valence-corrected chi connectivity index (χ4v) is 4.18. The van der Waals surface area contributed by atoms with E-state index in [0.29, 0.717) is 17.7 Å². The van der Waals surface area contributed by atoms with E-state index in [-0.39, 0.29) is 5.91 Å². The van der Waals surface area contributed by atoms with Crippen molar-refractivity contribution in [2.45, 2.75) is 57.1 Å². The van der Waals surface area contributed by atoms with Gasteiger partial charge in [0, 0.05) is 6.04 Å². The normalized spacial score (nSPS) is 20.4. The first-order valence-electron chi connectivity index (χ1n) is 9.09. The van der Waals surface area contributed by atoms with Gasteiger partial charge in [0.25, 0.3) is 0 Å². The summed E-state index contributed by atoms with van der Waals surface area (Å²) >= 11 is 1.44. The number of nitrogens with one attached hydrogen (secondary N) is 1. The molecule has 0 spiro atoms. The van der Waals surface area contributed by atoms with Crippen molar-refractivity contribution >= 4 is 17.7 Å². The Kier molecular flexibility index (Phi) is 6.13. The molecule has 1 N–H and O–H groups in total. The summed E-state index contributed by atoms with van der Waals surface area (Å²) in [6.07, 6.45) is 7.46. The van der Waals surface area contributed by atoms with Crippen molar-refractivity contribution in [2.24, 2.45) is 5.92 Å². The van der Waals surface area contributed by atoms with Crippen LogP contribution in [-0.2, 0) is 11.2 Å². The van der Waals surface area contributed by atoms with Crippen LogP contribution in [0.15, 0.2) is 35.7 Å². The Balaban J connectivity index is 1.63. The number of aromatic nitrogens is 3. The molecule has 1 aromatic heterocycles. The zero-order valence-electron chi connectivity index (χ0n) is 14.9.